The molecule has 1 aromatic carbocycles. The van der Waals surface area contributed by atoms with Crippen molar-refractivity contribution in [1.82, 2.24) is 0 Å². The molecule has 0 heterocycles. The zero-order valence-corrected chi connectivity index (χ0v) is 10.3. The topological polar surface area (TPSA) is 40.5 Å². The maximum Gasteiger partial charge on any atom is 0.139 e. The molecule has 0 saturated carbocycles. The van der Waals surface area contributed by atoms with E-state index in [9.17, 15) is 10.2 Å². The van der Waals surface area contributed by atoms with E-state index in [0.717, 1.165) is 0 Å². The first-order valence-electron chi connectivity index (χ1n) is 3.10. The molecule has 0 radical (unpaired) electrons. The van der Waals surface area contributed by atoms with Gasteiger partial charge in [-0.15, -0.1) is 0 Å². The van der Waals surface area contributed by atoms with Gasteiger partial charge < -0.3 is 10.2 Å². The summed E-state index contributed by atoms with van der Waals surface area (Å²) in [6, 6.07) is 1.71. The average Bonchev–Trinajstić information content (AvgIpc) is 2.02. The van der Waals surface area contributed by atoms with Gasteiger partial charge in [-0.1, -0.05) is 12.7 Å². The minimum absolute atomic E-state index is 0.0866. The van der Waals surface area contributed by atoms with Crippen molar-refractivity contribution in [2.75, 3.05) is 0 Å². The van der Waals surface area contributed by atoms with E-state index in [0.29, 0.717) is 12.7 Å². The van der Waals surface area contributed by atoms with Crippen molar-refractivity contribution in [3.63, 3.8) is 0 Å². The molecule has 4 heteroatoms. The van der Waals surface area contributed by atoms with E-state index in [4.69, 9.17) is 0 Å². The number of rotatable bonds is 1. The van der Waals surface area contributed by atoms with Gasteiger partial charge in [0.05, 0.1) is 12.7 Å². The summed E-state index contributed by atoms with van der Waals surface area (Å²) < 4.78 is 1.43. The highest BCUT2D eigenvalue weighted by molar-refractivity contribution is 14.1. The predicted octanol–water partition coefficient (Wildman–Crippen LogP) is 2.95. The fourth-order valence-electron chi connectivity index (χ4n) is 0.811. The van der Waals surface area contributed by atoms with Gasteiger partial charge in [-0.3, -0.25) is 0 Å². The second-order valence-electron chi connectivity index (χ2n) is 2.16. The third-order valence-corrected chi connectivity index (χ3v) is 3.06. The molecular formula is C8H6I2O2. The van der Waals surface area contributed by atoms with Crippen LogP contribution in [0.3, 0.4) is 0 Å². The van der Waals surface area contributed by atoms with Crippen molar-refractivity contribution >= 4 is 51.3 Å². The first kappa shape index (κ1) is 10.1. The van der Waals surface area contributed by atoms with Crippen LogP contribution in [0.5, 0.6) is 11.5 Å². The third-order valence-electron chi connectivity index (χ3n) is 1.42. The summed E-state index contributed by atoms with van der Waals surface area (Å²) in [6.07, 6.45) is 1.44. The van der Waals surface area contributed by atoms with Gasteiger partial charge in [-0.2, -0.15) is 0 Å². The van der Waals surface area contributed by atoms with Gasteiger partial charge in [0.1, 0.15) is 11.5 Å². The fraction of sp³-hybridized carbons (Fsp3) is 0. The van der Waals surface area contributed by atoms with Gasteiger partial charge in [-0.05, 0) is 51.2 Å². The number of hydrogen-bond acceptors (Lipinski definition) is 2. The molecule has 0 atom stereocenters. The molecule has 0 unspecified atom stereocenters. The first-order chi connectivity index (χ1) is 5.57. The van der Waals surface area contributed by atoms with E-state index >= 15 is 0 Å². The first-order valence-corrected chi connectivity index (χ1v) is 5.26. The number of aromatic hydroxyl groups is 2. The molecule has 0 bridgehead atoms. The summed E-state index contributed by atoms with van der Waals surface area (Å²) in [5.41, 5.74) is 0.395. The van der Waals surface area contributed by atoms with Gasteiger partial charge in [0.2, 0.25) is 0 Å². The maximum absolute atomic E-state index is 9.46. The minimum atomic E-state index is 0.0866. The van der Waals surface area contributed by atoms with Crippen molar-refractivity contribution in [2.45, 2.75) is 0 Å². The molecule has 0 aliphatic carbocycles. The highest BCUT2D eigenvalue weighted by atomic mass is 127. The molecule has 2 N–H and O–H groups in total. The molecule has 0 aliphatic rings. The average molecular weight is 388 g/mol. The zero-order chi connectivity index (χ0) is 9.30. The van der Waals surface area contributed by atoms with Crippen molar-refractivity contribution < 1.29 is 10.2 Å². The van der Waals surface area contributed by atoms with Crippen LogP contribution in [0.1, 0.15) is 5.56 Å². The summed E-state index contributed by atoms with van der Waals surface area (Å²) in [5, 5.41) is 18.9. The van der Waals surface area contributed by atoms with Crippen molar-refractivity contribution in [3.8, 4) is 11.5 Å². The number of phenols is 2. The van der Waals surface area contributed by atoms with Crippen LogP contribution in [0, 0.1) is 7.14 Å². The second-order valence-corrected chi connectivity index (χ2v) is 4.48. The van der Waals surface area contributed by atoms with Crippen LogP contribution < -0.4 is 0 Å². The Morgan fingerprint density at radius 1 is 1.17 bits per heavy atom. The lowest BCUT2D eigenvalue weighted by atomic mass is 10.2. The van der Waals surface area contributed by atoms with Crippen LogP contribution in [0.2, 0.25) is 0 Å². The van der Waals surface area contributed by atoms with Crippen LogP contribution in [0.4, 0.5) is 0 Å². The second kappa shape index (κ2) is 3.82. The van der Waals surface area contributed by atoms with E-state index < -0.39 is 0 Å². The Morgan fingerprint density at radius 2 is 1.58 bits per heavy atom. The Bertz CT molecular complexity index is 308. The maximum atomic E-state index is 9.46. The lowest BCUT2D eigenvalue weighted by molar-refractivity contribution is 0.443. The predicted molar refractivity (Wildman–Crippen MR) is 65.3 cm³/mol. The van der Waals surface area contributed by atoms with Gasteiger partial charge in [-0.25, -0.2) is 0 Å². The molecule has 0 fully saturated rings. The summed E-state index contributed by atoms with van der Waals surface area (Å²) >= 11 is 4.00. The van der Waals surface area contributed by atoms with Crippen LogP contribution in [0.15, 0.2) is 12.6 Å². The van der Waals surface area contributed by atoms with E-state index in [-0.39, 0.29) is 11.5 Å². The molecule has 0 amide bonds. The van der Waals surface area contributed by atoms with Crippen LogP contribution >= 0.6 is 45.2 Å². The van der Waals surface area contributed by atoms with Crippen LogP contribution in [-0.2, 0) is 0 Å². The SMILES string of the molecule is C=Cc1c(O)c(I)cc(I)c1O. The molecule has 1 aromatic rings. The molecule has 0 saturated heterocycles. The molecule has 0 aliphatic heterocycles. The summed E-state index contributed by atoms with van der Waals surface area (Å²) in [6.45, 7) is 3.51. The monoisotopic (exact) mass is 388 g/mol. The Balaban J connectivity index is 3.52. The third kappa shape index (κ3) is 1.68. The number of phenolic OH excluding ortho intramolecular Hbond substituents is 2. The minimum Gasteiger partial charge on any atom is -0.506 e. The van der Waals surface area contributed by atoms with Crippen molar-refractivity contribution in [3.05, 3.63) is 25.3 Å². The molecular weight excluding hydrogens is 382 g/mol. The normalized spacial score (nSPS) is 9.83. The molecule has 2 nitrogen and oxygen atoms in total. The Hall–Kier alpha value is 0.0200. The van der Waals surface area contributed by atoms with Gasteiger partial charge in [0.25, 0.3) is 0 Å². The van der Waals surface area contributed by atoms with Gasteiger partial charge >= 0.3 is 0 Å². The summed E-state index contributed by atoms with van der Waals surface area (Å²) in [5.74, 6) is 0.173. The highest BCUT2D eigenvalue weighted by Gasteiger charge is 2.11. The number of benzene rings is 1. The molecule has 0 spiro atoms. The lowest BCUT2D eigenvalue weighted by Crippen LogP contribution is -1.84. The van der Waals surface area contributed by atoms with Gasteiger partial charge in [0.15, 0.2) is 0 Å². The van der Waals surface area contributed by atoms with E-state index in [2.05, 4.69) is 6.58 Å². The molecule has 0 aromatic heterocycles. The van der Waals surface area contributed by atoms with E-state index in [1.165, 1.54) is 6.08 Å². The largest absolute Gasteiger partial charge is 0.506 e. The standard InChI is InChI=1S/C8H6I2O2/c1-2-4-7(11)5(9)3-6(10)8(4)12/h2-3,11-12H,1H2. The summed E-state index contributed by atoms with van der Waals surface area (Å²) in [7, 11) is 0. The van der Waals surface area contributed by atoms with Crippen LogP contribution in [-0.4, -0.2) is 10.2 Å². The molecule has 1 rings (SSSR count). The van der Waals surface area contributed by atoms with E-state index in [1.807, 2.05) is 45.2 Å². The quantitative estimate of drug-likeness (QED) is 0.727. The van der Waals surface area contributed by atoms with Gasteiger partial charge in [0, 0.05) is 0 Å². The Kier molecular flexibility index (Phi) is 3.22. The summed E-state index contributed by atoms with van der Waals surface area (Å²) in [4.78, 5) is 0. The van der Waals surface area contributed by atoms with Crippen molar-refractivity contribution in [1.29, 1.82) is 0 Å². The lowest BCUT2D eigenvalue weighted by Gasteiger charge is -2.06. The van der Waals surface area contributed by atoms with Crippen LogP contribution in [0.25, 0.3) is 6.08 Å². The zero-order valence-electron chi connectivity index (χ0n) is 6.01. The number of halogens is 2. The Morgan fingerprint density at radius 3 is 1.92 bits per heavy atom. The Labute approximate surface area is 97.6 Å². The number of hydrogen-bond donors (Lipinski definition) is 2. The highest BCUT2D eigenvalue weighted by Crippen LogP contribution is 2.36. The van der Waals surface area contributed by atoms with Crippen molar-refractivity contribution in [2.24, 2.45) is 0 Å². The molecule has 12 heavy (non-hydrogen) atoms. The smallest absolute Gasteiger partial charge is 0.139 e. The molecule has 64 valence electrons. The fourth-order valence-corrected chi connectivity index (χ4v) is 2.61. The van der Waals surface area contributed by atoms with E-state index in [1.54, 1.807) is 6.07 Å².